The summed E-state index contributed by atoms with van der Waals surface area (Å²) in [6.45, 7) is 0.914. The van der Waals surface area contributed by atoms with Gasteiger partial charge in [0.25, 0.3) is 0 Å². The minimum absolute atomic E-state index is 0.186. The maximum Gasteiger partial charge on any atom is 0.317 e. The summed E-state index contributed by atoms with van der Waals surface area (Å²) in [5, 5.41) is 17.4. The van der Waals surface area contributed by atoms with E-state index in [0.717, 1.165) is 0 Å². The van der Waals surface area contributed by atoms with Crippen molar-refractivity contribution in [1.82, 2.24) is 0 Å². The standard InChI is InChI=1S/C9H14O7/c1-2-8(13)15-4-6(10)5-16-9(14)3-7(11)12/h6,10H,2-5H2,1H3,(H,11,12). The molecular weight excluding hydrogens is 220 g/mol. The third-order valence-corrected chi connectivity index (χ3v) is 1.46. The van der Waals surface area contributed by atoms with Gasteiger partial charge in [0, 0.05) is 6.42 Å². The number of hydrogen-bond acceptors (Lipinski definition) is 6. The van der Waals surface area contributed by atoms with Gasteiger partial charge < -0.3 is 19.7 Å². The summed E-state index contributed by atoms with van der Waals surface area (Å²) in [7, 11) is 0. The molecule has 0 aliphatic carbocycles. The molecule has 0 aromatic heterocycles. The Hall–Kier alpha value is -1.63. The fourth-order valence-corrected chi connectivity index (χ4v) is 0.703. The van der Waals surface area contributed by atoms with Crippen LogP contribution >= 0.6 is 0 Å². The Bertz CT molecular complexity index is 261. The zero-order chi connectivity index (χ0) is 12.6. The summed E-state index contributed by atoms with van der Waals surface area (Å²) in [5.41, 5.74) is 0. The summed E-state index contributed by atoms with van der Waals surface area (Å²) in [6.07, 6.45) is -1.72. The van der Waals surface area contributed by atoms with E-state index in [1.54, 1.807) is 6.92 Å². The molecule has 0 fully saturated rings. The lowest BCUT2D eigenvalue weighted by Crippen LogP contribution is -2.25. The van der Waals surface area contributed by atoms with E-state index in [-0.39, 0.29) is 13.0 Å². The largest absolute Gasteiger partial charge is 0.481 e. The smallest absolute Gasteiger partial charge is 0.317 e. The van der Waals surface area contributed by atoms with Gasteiger partial charge >= 0.3 is 17.9 Å². The predicted octanol–water partition coefficient (Wildman–Crippen LogP) is -0.682. The maximum atomic E-state index is 10.7. The molecule has 0 bridgehead atoms. The average molecular weight is 234 g/mol. The number of carbonyl (C=O) groups is 3. The van der Waals surface area contributed by atoms with Gasteiger partial charge in [-0.2, -0.15) is 0 Å². The van der Waals surface area contributed by atoms with Crippen molar-refractivity contribution in [1.29, 1.82) is 0 Å². The zero-order valence-corrected chi connectivity index (χ0v) is 8.84. The molecule has 0 rings (SSSR count). The van der Waals surface area contributed by atoms with E-state index >= 15 is 0 Å². The fourth-order valence-electron chi connectivity index (χ4n) is 0.703. The molecule has 7 nitrogen and oxygen atoms in total. The van der Waals surface area contributed by atoms with E-state index < -0.39 is 37.0 Å². The van der Waals surface area contributed by atoms with Crippen molar-refractivity contribution in [2.24, 2.45) is 0 Å². The number of aliphatic carboxylic acids is 1. The minimum Gasteiger partial charge on any atom is -0.481 e. The topological polar surface area (TPSA) is 110 Å². The van der Waals surface area contributed by atoms with Gasteiger partial charge in [-0.25, -0.2) is 0 Å². The molecule has 7 heteroatoms. The normalized spacial score (nSPS) is 11.6. The van der Waals surface area contributed by atoms with Gasteiger partial charge in [0.15, 0.2) is 0 Å². The van der Waals surface area contributed by atoms with Crippen molar-refractivity contribution in [3.8, 4) is 0 Å². The quantitative estimate of drug-likeness (QED) is 0.443. The second-order valence-electron chi connectivity index (χ2n) is 2.94. The maximum absolute atomic E-state index is 10.7. The third kappa shape index (κ3) is 7.74. The zero-order valence-electron chi connectivity index (χ0n) is 8.84. The van der Waals surface area contributed by atoms with Gasteiger partial charge in [0.05, 0.1) is 0 Å². The molecule has 0 saturated heterocycles. The minimum atomic E-state index is -1.31. The number of hydrogen-bond donors (Lipinski definition) is 2. The lowest BCUT2D eigenvalue weighted by Gasteiger charge is -2.10. The molecule has 0 heterocycles. The van der Waals surface area contributed by atoms with Crippen molar-refractivity contribution in [3.63, 3.8) is 0 Å². The van der Waals surface area contributed by atoms with Crippen molar-refractivity contribution >= 4 is 17.9 Å². The lowest BCUT2D eigenvalue weighted by atomic mass is 10.4. The van der Waals surface area contributed by atoms with E-state index in [1.165, 1.54) is 0 Å². The van der Waals surface area contributed by atoms with Crippen LogP contribution in [0, 0.1) is 0 Å². The fraction of sp³-hybridized carbons (Fsp3) is 0.667. The summed E-state index contributed by atoms with van der Waals surface area (Å²) in [6, 6.07) is 0. The predicted molar refractivity (Wildman–Crippen MR) is 50.5 cm³/mol. The first-order chi connectivity index (χ1) is 7.45. The van der Waals surface area contributed by atoms with Crippen LogP contribution in [0.4, 0.5) is 0 Å². The molecule has 0 aromatic rings. The van der Waals surface area contributed by atoms with E-state index in [0.29, 0.717) is 0 Å². The third-order valence-electron chi connectivity index (χ3n) is 1.46. The Kier molecular flexibility index (Phi) is 6.86. The second-order valence-corrected chi connectivity index (χ2v) is 2.94. The number of aliphatic hydroxyl groups excluding tert-OH is 1. The highest BCUT2D eigenvalue weighted by atomic mass is 16.6. The monoisotopic (exact) mass is 234 g/mol. The number of esters is 2. The van der Waals surface area contributed by atoms with Gasteiger partial charge in [-0.15, -0.1) is 0 Å². The lowest BCUT2D eigenvalue weighted by molar-refractivity contribution is -0.155. The number of carbonyl (C=O) groups excluding carboxylic acids is 2. The molecule has 0 amide bonds. The highest BCUT2D eigenvalue weighted by Crippen LogP contribution is 1.93. The van der Waals surface area contributed by atoms with Crippen LogP contribution in [0.2, 0.25) is 0 Å². The van der Waals surface area contributed by atoms with Crippen molar-refractivity contribution in [3.05, 3.63) is 0 Å². The summed E-state index contributed by atoms with van der Waals surface area (Å²) >= 11 is 0. The number of rotatable bonds is 7. The van der Waals surface area contributed by atoms with Crippen molar-refractivity contribution < 1.29 is 34.1 Å². The Labute approximate surface area is 92.0 Å². The van der Waals surface area contributed by atoms with E-state index in [4.69, 9.17) is 5.11 Å². The Morgan fingerprint density at radius 2 is 1.62 bits per heavy atom. The average Bonchev–Trinajstić information content (AvgIpc) is 2.22. The highest BCUT2D eigenvalue weighted by Gasteiger charge is 2.13. The van der Waals surface area contributed by atoms with E-state index in [1.807, 2.05) is 0 Å². The Morgan fingerprint density at radius 1 is 1.12 bits per heavy atom. The number of carboxylic acid groups (broad SMARTS) is 1. The molecule has 1 atom stereocenters. The van der Waals surface area contributed by atoms with Gasteiger partial charge in [0.2, 0.25) is 0 Å². The Balaban J connectivity index is 3.64. The van der Waals surface area contributed by atoms with Crippen LogP contribution in [-0.4, -0.2) is 47.4 Å². The first kappa shape index (κ1) is 14.4. The van der Waals surface area contributed by atoms with Crippen LogP contribution in [0.1, 0.15) is 19.8 Å². The van der Waals surface area contributed by atoms with E-state index in [2.05, 4.69) is 9.47 Å². The number of carboxylic acids is 1. The summed E-state index contributed by atoms with van der Waals surface area (Å²) in [5.74, 6) is -2.74. The first-order valence-electron chi connectivity index (χ1n) is 4.66. The van der Waals surface area contributed by atoms with Crippen LogP contribution < -0.4 is 0 Å². The van der Waals surface area contributed by atoms with Gasteiger partial charge in [-0.3, -0.25) is 14.4 Å². The van der Waals surface area contributed by atoms with Gasteiger partial charge in [-0.05, 0) is 0 Å². The summed E-state index contributed by atoms with van der Waals surface area (Å²) < 4.78 is 8.99. The van der Waals surface area contributed by atoms with Crippen LogP contribution in [0.25, 0.3) is 0 Å². The van der Waals surface area contributed by atoms with Crippen LogP contribution in [0.15, 0.2) is 0 Å². The SMILES string of the molecule is CCC(=O)OCC(O)COC(=O)CC(=O)O. The number of aliphatic hydroxyl groups is 1. The van der Waals surface area contributed by atoms with Crippen LogP contribution in [-0.2, 0) is 23.9 Å². The number of ether oxygens (including phenoxy) is 2. The molecule has 0 saturated carbocycles. The van der Waals surface area contributed by atoms with Crippen LogP contribution in [0.5, 0.6) is 0 Å². The van der Waals surface area contributed by atoms with Crippen molar-refractivity contribution in [2.75, 3.05) is 13.2 Å². The molecule has 0 aliphatic heterocycles. The molecule has 0 aromatic carbocycles. The van der Waals surface area contributed by atoms with Crippen LogP contribution in [0.3, 0.4) is 0 Å². The second kappa shape index (κ2) is 7.63. The highest BCUT2D eigenvalue weighted by molar-refractivity contribution is 5.90. The molecule has 0 spiro atoms. The molecular formula is C9H14O7. The van der Waals surface area contributed by atoms with E-state index in [9.17, 15) is 19.5 Å². The molecule has 16 heavy (non-hydrogen) atoms. The molecule has 2 N–H and O–H groups in total. The van der Waals surface area contributed by atoms with Gasteiger partial charge in [0.1, 0.15) is 25.7 Å². The molecule has 92 valence electrons. The van der Waals surface area contributed by atoms with Crippen molar-refractivity contribution in [2.45, 2.75) is 25.9 Å². The summed E-state index contributed by atoms with van der Waals surface area (Å²) in [4.78, 5) is 31.5. The molecule has 0 aliphatic rings. The molecule has 0 radical (unpaired) electrons. The molecule has 1 unspecified atom stereocenters. The Morgan fingerprint density at radius 3 is 2.06 bits per heavy atom. The van der Waals surface area contributed by atoms with Gasteiger partial charge in [-0.1, -0.05) is 6.92 Å². The first-order valence-corrected chi connectivity index (χ1v) is 4.66.